The van der Waals surface area contributed by atoms with Crippen molar-refractivity contribution in [3.63, 3.8) is 0 Å². The lowest BCUT2D eigenvalue weighted by molar-refractivity contribution is -0.0183. The summed E-state index contributed by atoms with van der Waals surface area (Å²) in [6.45, 7) is 9.79. The Balaban J connectivity index is 1.37. The van der Waals surface area contributed by atoms with Crippen LogP contribution in [0.4, 0.5) is 0 Å². The third-order valence-electron chi connectivity index (χ3n) is 7.03. The van der Waals surface area contributed by atoms with E-state index < -0.39 is 6.10 Å². The maximum Gasteiger partial charge on any atom is 0.0897 e. The van der Waals surface area contributed by atoms with Crippen LogP contribution in [0.1, 0.15) is 52.9 Å². The third kappa shape index (κ3) is 2.95. The van der Waals surface area contributed by atoms with Gasteiger partial charge < -0.3 is 19.9 Å². The van der Waals surface area contributed by atoms with Crippen LogP contribution in [0.15, 0.2) is 0 Å². The molecule has 1 heterocycles. The van der Waals surface area contributed by atoms with E-state index in [0.29, 0.717) is 36.6 Å². The summed E-state index contributed by atoms with van der Waals surface area (Å²) in [5.74, 6) is 0.836. The number of aliphatic hydroxyl groups excluding tert-OH is 1. The number of hydrogen-bond donors (Lipinski definition) is 2. The van der Waals surface area contributed by atoms with Gasteiger partial charge in [0.25, 0.3) is 0 Å². The van der Waals surface area contributed by atoms with Crippen molar-refractivity contribution in [1.29, 1.82) is 0 Å². The number of aliphatic hydroxyl groups is 1. The second-order valence-corrected chi connectivity index (χ2v) is 8.40. The highest BCUT2D eigenvalue weighted by atomic mass is 16.5. The van der Waals surface area contributed by atoms with Crippen LogP contribution in [-0.2, 0) is 9.47 Å². The SMILES string of the molecule is CC1(C)[C@@H]2CC[C@@]1(C)[C@H](NC[C@H](O)COC[C@@H]1CCCO1)C2. The largest absolute Gasteiger partial charge is 0.389 e. The van der Waals surface area contributed by atoms with Crippen LogP contribution >= 0.6 is 0 Å². The molecule has 3 aliphatic rings. The van der Waals surface area contributed by atoms with Gasteiger partial charge in [-0.25, -0.2) is 0 Å². The molecule has 1 saturated heterocycles. The van der Waals surface area contributed by atoms with E-state index in [1.807, 2.05) is 0 Å². The maximum absolute atomic E-state index is 10.1. The fourth-order valence-electron chi connectivity index (χ4n) is 4.96. The number of fused-ring (bicyclic) bond motifs is 2. The fraction of sp³-hybridized carbons (Fsp3) is 1.00. The second-order valence-electron chi connectivity index (χ2n) is 8.40. The minimum atomic E-state index is -0.424. The lowest BCUT2D eigenvalue weighted by Crippen LogP contribution is -2.47. The molecule has 22 heavy (non-hydrogen) atoms. The number of nitrogens with one attached hydrogen (secondary N) is 1. The van der Waals surface area contributed by atoms with E-state index in [1.165, 1.54) is 19.3 Å². The summed E-state index contributed by atoms with van der Waals surface area (Å²) in [5.41, 5.74) is 0.794. The summed E-state index contributed by atoms with van der Waals surface area (Å²) in [6, 6.07) is 0.536. The molecule has 3 rings (SSSR count). The number of hydrogen-bond acceptors (Lipinski definition) is 4. The Bertz CT molecular complexity index is 381. The third-order valence-corrected chi connectivity index (χ3v) is 7.03. The number of ether oxygens (including phenoxy) is 2. The maximum atomic E-state index is 10.1. The Morgan fingerprint density at radius 1 is 1.32 bits per heavy atom. The van der Waals surface area contributed by atoms with Gasteiger partial charge in [0, 0.05) is 19.2 Å². The topological polar surface area (TPSA) is 50.7 Å². The van der Waals surface area contributed by atoms with Crippen LogP contribution in [-0.4, -0.2) is 49.7 Å². The molecule has 4 heteroatoms. The van der Waals surface area contributed by atoms with Gasteiger partial charge in [0.1, 0.15) is 0 Å². The Labute approximate surface area is 134 Å². The summed E-state index contributed by atoms with van der Waals surface area (Å²) in [7, 11) is 0. The lowest BCUT2D eigenvalue weighted by Gasteiger charge is -2.40. The molecule has 0 aromatic heterocycles. The van der Waals surface area contributed by atoms with Gasteiger partial charge in [-0.1, -0.05) is 20.8 Å². The average Bonchev–Trinajstić information content (AvgIpc) is 3.10. The highest BCUT2D eigenvalue weighted by Crippen LogP contribution is 2.65. The molecule has 2 saturated carbocycles. The lowest BCUT2D eigenvalue weighted by atomic mass is 9.69. The van der Waals surface area contributed by atoms with Gasteiger partial charge in [-0.3, -0.25) is 0 Å². The zero-order valence-electron chi connectivity index (χ0n) is 14.4. The first-order valence-corrected chi connectivity index (χ1v) is 9.04. The van der Waals surface area contributed by atoms with Crippen LogP contribution in [0.5, 0.6) is 0 Å². The molecule has 1 aliphatic heterocycles. The Hall–Kier alpha value is -0.160. The van der Waals surface area contributed by atoms with Crippen molar-refractivity contribution >= 4 is 0 Å². The van der Waals surface area contributed by atoms with E-state index in [-0.39, 0.29) is 6.10 Å². The smallest absolute Gasteiger partial charge is 0.0897 e. The van der Waals surface area contributed by atoms with Crippen molar-refractivity contribution in [2.45, 2.75) is 71.1 Å². The van der Waals surface area contributed by atoms with E-state index >= 15 is 0 Å². The first-order chi connectivity index (χ1) is 10.4. The molecule has 3 fully saturated rings. The summed E-state index contributed by atoms with van der Waals surface area (Å²) >= 11 is 0. The Kier molecular flexibility index (Phi) is 4.84. The molecule has 0 aromatic rings. The van der Waals surface area contributed by atoms with Crippen LogP contribution < -0.4 is 5.32 Å². The van der Waals surface area contributed by atoms with Gasteiger partial charge in [0.05, 0.1) is 25.4 Å². The molecule has 0 unspecified atom stereocenters. The minimum absolute atomic E-state index is 0.241. The molecule has 0 radical (unpaired) electrons. The molecule has 2 bridgehead atoms. The van der Waals surface area contributed by atoms with Crippen molar-refractivity contribution in [3.05, 3.63) is 0 Å². The van der Waals surface area contributed by atoms with Crippen molar-refractivity contribution in [2.24, 2.45) is 16.7 Å². The van der Waals surface area contributed by atoms with Crippen molar-refractivity contribution in [3.8, 4) is 0 Å². The van der Waals surface area contributed by atoms with Crippen molar-refractivity contribution in [2.75, 3.05) is 26.4 Å². The average molecular weight is 311 g/mol. The van der Waals surface area contributed by atoms with E-state index in [0.717, 1.165) is 25.4 Å². The van der Waals surface area contributed by atoms with Crippen molar-refractivity contribution < 1.29 is 14.6 Å². The van der Waals surface area contributed by atoms with Crippen LogP contribution in [0.3, 0.4) is 0 Å². The fourth-order valence-corrected chi connectivity index (χ4v) is 4.96. The van der Waals surface area contributed by atoms with E-state index in [2.05, 4.69) is 26.1 Å². The summed E-state index contributed by atoms with van der Waals surface area (Å²) in [6.07, 6.45) is 5.98. The van der Waals surface area contributed by atoms with Crippen LogP contribution in [0.25, 0.3) is 0 Å². The predicted octanol–water partition coefficient (Wildman–Crippen LogP) is 2.35. The molecule has 0 spiro atoms. The molecule has 128 valence electrons. The number of rotatable bonds is 7. The molecule has 0 amide bonds. The zero-order valence-corrected chi connectivity index (χ0v) is 14.4. The van der Waals surface area contributed by atoms with Gasteiger partial charge in [-0.15, -0.1) is 0 Å². The monoisotopic (exact) mass is 311 g/mol. The Morgan fingerprint density at radius 3 is 2.73 bits per heavy atom. The van der Waals surface area contributed by atoms with E-state index in [4.69, 9.17) is 9.47 Å². The van der Waals surface area contributed by atoms with Crippen LogP contribution in [0, 0.1) is 16.7 Å². The second kappa shape index (κ2) is 6.39. The molecule has 4 nitrogen and oxygen atoms in total. The molecule has 2 aliphatic carbocycles. The first kappa shape index (κ1) is 16.7. The highest BCUT2D eigenvalue weighted by Gasteiger charge is 2.60. The first-order valence-electron chi connectivity index (χ1n) is 9.04. The summed E-state index contributed by atoms with van der Waals surface area (Å²) in [5, 5.41) is 13.8. The van der Waals surface area contributed by atoms with Crippen LogP contribution in [0.2, 0.25) is 0 Å². The minimum Gasteiger partial charge on any atom is -0.389 e. The summed E-state index contributed by atoms with van der Waals surface area (Å²) in [4.78, 5) is 0. The molecular formula is C18H33NO3. The molecule has 2 N–H and O–H groups in total. The van der Waals surface area contributed by atoms with E-state index in [1.54, 1.807) is 0 Å². The van der Waals surface area contributed by atoms with Gasteiger partial charge in [-0.2, -0.15) is 0 Å². The zero-order chi connectivity index (χ0) is 15.8. The Morgan fingerprint density at radius 2 is 2.14 bits per heavy atom. The van der Waals surface area contributed by atoms with Crippen molar-refractivity contribution in [1.82, 2.24) is 5.32 Å². The van der Waals surface area contributed by atoms with Gasteiger partial charge >= 0.3 is 0 Å². The molecular weight excluding hydrogens is 278 g/mol. The van der Waals surface area contributed by atoms with Gasteiger partial charge in [-0.05, 0) is 48.9 Å². The summed E-state index contributed by atoms with van der Waals surface area (Å²) < 4.78 is 11.1. The normalized spacial score (nSPS) is 41.2. The highest BCUT2D eigenvalue weighted by molar-refractivity contribution is 5.13. The van der Waals surface area contributed by atoms with Gasteiger partial charge in [0.15, 0.2) is 0 Å². The molecule has 0 aromatic carbocycles. The predicted molar refractivity (Wildman–Crippen MR) is 86.8 cm³/mol. The van der Waals surface area contributed by atoms with E-state index in [9.17, 15) is 5.11 Å². The van der Waals surface area contributed by atoms with Gasteiger partial charge in [0.2, 0.25) is 0 Å². The standard InChI is InChI=1S/C18H33NO3/c1-17(2)13-6-7-18(17,3)16(9-13)19-10-14(20)11-21-12-15-5-4-8-22-15/h13-16,19-20H,4-12H2,1-3H3/t13-,14+,15+,16-,18+/m1/s1. The quantitative estimate of drug-likeness (QED) is 0.758. The molecule has 5 atom stereocenters.